The Hall–Kier alpha value is -3.22. The second-order valence-electron chi connectivity index (χ2n) is 6.84. The summed E-state index contributed by atoms with van der Waals surface area (Å²) < 4.78 is 7.30. The number of ether oxygens (including phenoxy) is 1. The number of aryl methyl sites for hydroxylation is 1. The largest absolute Gasteiger partial charge is 0.457 e. The second-order valence-corrected chi connectivity index (χ2v) is 8.30. The number of anilines is 1. The first-order chi connectivity index (χ1) is 15.0. The molecular formula is C24H19ClN2O3S. The van der Waals surface area contributed by atoms with Crippen molar-refractivity contribution in [3.63, 3.8) is 0 Å². The molecule has 1 aromatic heterocycles. The lowest BCUT2D eigenvalue weighted by Gasteiger charge is -2.11. The quantitative estimate of drug-likeness (QED) is 0.382. The van der Waals surface area contributed by atoms with Gasteiger partial charge >= 0.3 is 0 Å². The van der Waals surface area contributed by atoms with Crippen LogP contribution in [-0.4, -0.2) is 16.2 Å². The topological polar surface area (TPSA) is 60.3 Å². The van der Waals surface area contributed by atoms with Crippen LogP contribution in [0.1, 0.15) is 0 Å². The van der Waals surface area contributed by atoms with Crippen LogP contribution in [0.5, 0.6) is 11.5 Å². The van der Waals surface area contributed by atoms with Crippen molar-refractivity contribution in [1.29, 1.82) is 0 Å². The summed E-state index contributed by atoms with van der Waals surface area (Å²) in [7, 11) is 1.70. The van der Waals surface area contributed by atoms with Crippen LogP contribution in [-0.2, 0) is 11.8 Å². The van der Waals surface area contributed by atoms with Crippen molar-refractivity contribution in [3.05, 3.63) is 94.2 Å². The molecule has 0 unspecified atom stereocenters. The fourth-order valence-corrected chi connectivity index (χ4v) is 4.12. The van der Waals surface area contributed by atoms with Gasteiger partial charge in [-0.15, -0.1) is 11.8 Å². The summed E-state index contributed by atoms with van der Waals surface area (Å²) in [5.41, 5.74) is 1.26. The molecule has 1 heterocycles. The molecule has 0 aliphatic heterocycles. The van der Waals surface area contributed by atoms with E-state index in [1.54, 1.807) is 54.1 Å². The highest BCUT2D eigenvalue weighted by Crippen LogP contribution is 2.28. The molecule has 1 N–H and O–H groups in total. The summed E-state index contributed by atoms with van der Waals surface area (Å²) in [5.74, 6) is 1.44. The molecule has 0 aliphatic rings. The van der Waals surface area contributed by atoms with Gasteiger partial charge in [0.15, 0.2) is 0 Å². The molecule has 3 aromatic carbocycles. The number of rotatable bonds is 6. The number of carbonyl (C=O) groups is 1. The van der Waals surface area contributed by atoms with Gasteiger partial charge in [0.2, 0.25) is 5.91 Å². The van der Waals surface area contributed by atoms with E-state index in [9.17, 15) is 9.59 Å². The van der Waals surface area contributed by atoms with Crippen LogP contribution >= 0.6 is 23.4 Å². The smallest absolute Gasteiger partial charge is 0.251 e. The first-order valence-electron chi connectivity index (χ1n) is 9.54. The fourth-order valence-electron chi connectivity index (χ4n) is 3.09. The van der Waals surface area contributed by atoms with Crippen molar-refractivity contribution in [3.8, 4) is 11.5 Å². The van der Waals surface area contributed by atoms with Gasteiger partial charge < -0.3 is 14.6 Å². The Kier molecular flexibility index (Phi) is 6.30. The van der Waals surface area contributed by atoms with E-state index in [0.29, 0.717) is 16.5 Å². The normalized spacial score (nSPS) is 10.8. The Balaban J connectivity index is 1.41. The first-order valence-corrected chi connectivity index (χ1v) is 10.9. The summed E-state index contributed by atoms with van der Waals surface area (Å²) in [4.78, 5) is 25.4. The van der Waals surface area contributed by atoms with E-state index in [2.05, 4.69) is 5.32 Å². The number of para-hydroxylation sites is 1. The van der Waals surface area contributed by atoms with Gasteiger partial charge in [-0.3, -0.25) is 9.59 Å². The predicted octanol–water partition coefficient (Wildman–Crippen LogP) is 5.72. The fraction of sp³-hybridized carbons (Fsp3) is 0.0833. The zero-order valence-corrected chi connectivity index (χ0v) is 18.2. The molecule has 31 heavy (non-hydrogen) atoms. The summed E-state index contributed by atoms with van der Waals surface area (Å²) in [5, 5.41) is 4.31. The van der Waals surface area contributed by atoms with Gasteiger partial charge in [0.25, 0.3) is 5.56 Å². The van der Waals surface area contributed by atoms with Crippen molar-refractivity contribution >= 4 is 45.9 Å². The summed E-state index contributed by atoms with van der Waals surface area (Å²) in [6, 6.07) is 23.6. The number of carbonyl (C=O) groups excluding carboxylic acids is 1. The number of thioether (sulfide) groups is 1. The molecule has 0 fully saturated rings. The van der Waals surface area contributed by atoms with Crippen molar-refractivity contribution < 1.29 is 9.53 Å². The number of halogens is 1. The van der Waals surface area contributed by atoms with Gasteiger partial charge in [0, 0.05) is 34.1 Å². The Morgan fingerprint density at radius 1 is 1.00 bits per heavy atom. The van der Waals surface area contributed by atoms with Crippen molar-refractivity contribution in [1.82, 2.24) is 4.57 Å². The summed E-state index contributed by atoms with van der Waals surface area (Å²) in [6.07, 6.45) is 0. The highest BCUT2D eigenvalue weighted by molar-refractivity contribution is 8.00. The number of amides is 1. The second kappa shape index (κ2) is 9.29. The molecule has 7 heteroatoms. The van der Waals surface area contributed by atoms with Gasteiger partial charge in [-0.1, -0.05) is 35.9 Å². The number of hydrogen-bond acceptors (Lipinski definition) is 4. The van der Waals surface area contributed by atoms with Crippen LogP contribution in [0.15, 0.2) is 88.6 Å². The molecular weight excluding hydrogens is 432 g/mol. The molecule has 156 valence electrons. The molecule has 0 atom stereocenters. The van der Waals surface area contributed by atoms with Crippen LogP contribution in [0.4, 0.5) is 5.69 Å². The average Bonchev–Trinajstić information content (AvgIpc) is 2.77. The third-order valence-electron chi connectivity index (χ3n) is 4.65. The van der Waals surface area contributed by atoms with E-state index in [0.717, 1.165) is 21.5 Å². The Labute approximate surface area is 188 Å². The molecule has 0 aliphatic carbocycles. The van der Waals surface area contributed by atoms with Gasteiger partial charge in [0.05, 0.1) is 11.3 Å². The summed E-state index contributed by atoms with van der Waals surface area (Å²) >= 11 is 7.39. The summed E-state index contributed by atoms with van der Waals surface area (Å²) in [6.45, 7) is 0. The molecule has 1 amide bonds. The maximum absolute atomic E-state index is 12.4. The number of pyridine rings is 1. The van der Waals surface area contributed by atoms with Crippen molar-refractivity contribution in [2.24, 2.45) is 7.05 Å². The van der Waals surface area contributed by atoms with E-state index in [1.807, 2.05) is 36.4 Å². The minimum Gasteiger partial charge on any atom is -0.457 e. The third-order valence-corrected chi connectivity index (χ3v) is 5.94. The molecule has 5 nitrogen and oxygen atoms in total. The van der Waals surface area contributed by atoms with Crippen LogP contribution < -0.4 is 15.6 Å². The minimum atomic E-state index is -0.162. The Morgan fingerprint density at radius 3 is 2.45 bits per heavy atom. The maximum Gasteiger partial charge on any atom is 0.251 e. The Bertz CT molecular complexity index is 1290. The third kappa shape index (κ3) is 5.10. The van der Waals surface area contributed by atoms with Gasteiger partial charge in [0.1, 0.15) is 11.5 Å². The van der Waals surface area contributed by atoms with E-state index < -0.39 is 0 Å². The molecule has 4 rings (SSSR count). The molecule has 0 saturated carbocycles. The molecule has 0 bridgehead atoms. The first kappa shape index (κ1) is 21.0. The molecule has 0 saturated heterocycles. The van der Waals surface area contributed by atoms with Crippen LogP contribution in [0.3, 0.4) is 0 Å². The standard InChI is InChI=1S/C24H19ClN2O3S/c1-27-21-13-16(25)7-12-20(21)22(14-24(27)29)31-15-23(28)26-17-8-10-19(11-9-17)30-18-5-3-2-4-6-18/h2-14H,15H2,1H3,(H,26,28). The van der Waals surface area contributed by atoms with Crippen LogP contribution in [0, 0.1) is 0 Å². The van der Waals surface area contributed by atoms with Gasteiger partial charge in [-0.05, 0) is 48.5 Å². The average molecular weight is 451 g/mol. The van der Waals surface area contributed by atoms with E-state index in [4.69, 9.17) is 16.3 Å². The highest BCUT2D eigenvalue weighted by atomic mass is 35.5. The molecule has 4 aromatic rings. The lowest BCUT2D eigenvalue weighted by Crippen LogP contribution is -2.17. The number of nitrogens with zero attached hydrogens (tertiary/aromatic N) is 1. The molecule has 0 radical (unpaired) electrons. The van der Waals surface area contributed by atoms with E-state index >= 15 is 0 Å². The zero-order chi connectivity index (χ0) is 21.8. The Morgan fingerprint density at radius 2 is 1.71 bits per heavy atom. The number of hydrogen-bond donors (Lipinski definition) is 1. The van der Waals surface area contributed by atoms with Crippen molar-refractivity contribution in [2.75, 3.05) is 11.1 Å². The highest BCUT2D eigenvalue weighted by Gasteiger charge is 2.11. The lowest BCUT2D eigenvalue weighted by molar-refractivity contribution is -0.113. The number of benzene rings is 3. The predicted molar refractivity (Wildman–Crippen MR) is 127 cm³/mol. The van der Waals surface area contributed by atoms with Crippen LogP contribution in [0.25, 0.3) is 10.9 Å². The number of fused-ring (bicyclic) bond motifs is 1. The zero-order valence-electron chi connectivity index (χ0n) is 16.7. The molecule has 0 spiro atoms. The van der Waals surface area contributed by atoms with Crippen LogP contribution in [0.2, 0.25) is 5.02 Å². The minimum absolute atomic E-state index is 0.147. The maximum atomic E-state index is 12.4. The number of nitrogens with one attached hydrogen (secondary N) is 1. The van der Waals surface area contributed by atoms with E-state index in [1.165, 1.54) is 11.8 Å². The lowest BCUT2D eigenvalue weighted by atomic mass is 10.2. The van der Waals surface area contributed by atoms with E-state index in [-0.39, 0.29) is 17.2 Å². The monoisotopic (exact) mass is 450 g/mol. The SMILES string of the molecule is Cn1c(=O)cc(SCC(=O)Nc2ccc(Oc3ccccc3)cc2)c2ccc(Cl)cc21. The van der Waals surface area contributed by atoms with Gasteiger partial charge in [-0.25, -0.2) is 0 Å². The number of aromatic nitrogens is 1. The van der Waals surface area contributed by atoms with Gasteiger partial charge in [-0.2, -0.15) is 0 Å². The van der Waals surface area contributed by atoms with Crippen molar-refractivity contribution in [2.45, 2.75) is 4.90 Å².